The number of carbonyl (C=O) groups is 1. The molecule has 2 fully saturated rings. The Kier molecular flexibility index (Phi) is 6.13. The fourth-order valence-corrected chi connectivity index (χ4v) is 5.08. The Bertz CT molecular complexity index is 517. The zero-order valence-electron chi connectivity index (χ0n) is 13.7. The predicted octanol–water partition coefficient (Wildman–Crippen LogP) is 4.20. The second-order valence-electron chi connectivity index (χ2n) is 7.15. The normalized spacial score (nSPS) is 27.2. The van der Waals surface area contributed by atoms with E-state index in [1.807, 2.05) is 11.4 Å². The minimum Gasteiger partial charge on any atom is -0.328 e. The molecule has 0 spiro atoms. The van der Waals surface area contributed by atoms with Gasteiger partial charge < -0.3 is 10.6 Å². The molecule has 0 atom stereocenters. The average molecular weight is 355 g/mol. The van der Waals surface area contributed by atoms with Crippen molar-refractivity contribution < 1.29 is 4.79 Å². The standard InChI is InChI=1S/C18H27ClN2OS/c19-16-8-12-23-18(16)17(22)14-6-10-21(11-7-14)9-5-13-1-3-15(20)4-2-13/h8,12-15H,1-7,9-11,20H2/t13-,15-. The van der Waals surface area contributed by atoms with Crippen LogP contribution in [0.15, 0.2) is 11.4 Å². The van der Waals surface area contributed by atoms with Gasteiger partial charge in [-0.1, -0.05) is 11.6 Å². The van der Waals surface area contributed by atoms with Gasteiger partial charge in [0.15, 0.2) is 5.78 Å². The summed E-state index contributed by atoms with van der Waals surface area (Å²) in [6.45, 7) is 3.28. The van der Waals surface area contributed by atoms with Gasteiger partial charge in [0.25, 0.3) is 0 Å². The Morgan fingerprint density at radius 2 is 1.91 bits per heavy atom. The van der Waals surface area contributed by atoms with Crippen LogP contribution in [0, 0.1) is 11.8 Å². The number of rotatable bonds is 5. The van der Waals surface area contributed by atoms with Gasteiger partial charge in [-0.3, -0.25) is 4.79 Å². The van der Waals surface area contributed by atoms with Crippen molar-refractivity contribution in [2.45, 2.75) is 51.0 Å². The summed E-state index contributed by atoms with van der Waals surface area (Å²) >= 11 is 7.57. The first-order valence-electron chi connectivity index (χ1n) is 8.88. The van der Waals surface area contributed by atoms with Gasteiger partial charge in [0.05, 0.1) is 9.90 Å². The molecular formula is C18H27ClN2OS. The van der Waals surface area contributed by atoms with Gasteiger partial charge in [0.1, 0.15) is 0 Å². The lowest BCUT2D eigenvalue weighted by atomic mass is 9.84. The van der Waals surface area contributed by atoms with Crippen molar-refractivity contribution >= 4 is 28.7 Å². The highest BCUT2D eigenvalue weighted by atomic mass is 35.5. The van der Waals surface area contributed by atoms with Crippen LogP contribution < -0.4 is 5.73 Å². The first kappa shape index (κ1) is 17.4. The molecule has 0 amide bonds. The molecule has 3 nitrogen and oxygen atoms in total. The third kappa shape index (κ3) is 4.56. The van der Waals surface area contributed by atoms with E-state index in [1.165, 1.54) is 50.0 Å². The highest BCUT2D eigenvalue weighted by molar-refractivity contribution is 7.12. The van der Waals surface area contributed by atoms with Crippen molar-refractivity contribution in [2.75, 3.05) is 19.6 Å². The fourth-order valence-electron chi connectivity index (χ4n) is 3.92. The number of likely N-dealkylation sites (tertiary alicyclic amines) is 1. The second kappa shape index (κ2) is 8.11. The minimum atomic E-state index is 0.162. The maximum absolute atomic E-state index is 12.5. The van der Waals surface area contributed by atoms with Crippen molar-refractivity contribution in [1.82, 2.24) is 4.90 Å². The lowest BCUT2D eigenvalue weighted by Gasteiger charge is -2.33. The molecule has 128 valence electrons. The Balaban J connectivity index is 1.40. The number of Topliss-reactive ketones (excluding diaryl/α,β-unsaturated/α-hetero) is 1. The lowest BCUT2D eigenvalue weighted by molar-refractivity contribution is 0.0837. The van der Waals surface area contributed by atoms with Gasteiger partial charge in [0.2, 0.25) is 0 Å². The highest BCUT2D eigenvalue weighted by Crippen LogP contribution is 2.30. The number of carbonyl (C=O) groups excluding carboxylic acids is 1. The Hall–Kier alpha value is -0.420. The van der Waals surface area contributed by atoms with Crippen LogP contribution >= 0.6 is 22.9 Å². The van der Waals surface area contributed by atoms with Gasteiger partial charge in [-0.05, 0) is 81.9 Å². The van der Waals surface area contributed by atoms with E-state index in [4.69, 9.17) is 17.3 Å². The monoisotopic (exact) mass is 354 g/mol. The maximum atomic E-state index is 12.5. The average Bonchev–Trinajstić information content (AvgIpc) is 3.00. The molecule has 1 saturated carbocycles. The molecule has 2 N–H and O–H groups in total. The molecule has 3 rings (SSSR count). The number of halogens is 1. The van der Waals surface area contributed by atoms with E-state index in [-0.39, 0.29) is 11.7 Å². The zero-order chi connectivity index (χ0) is 16.2. The molecule has 1 aliphatic heterocycles. The van der Waals surface area contributed by atoms with Gasteiger partial charge in [-0.2, -0.15) is 0 Å². The van der Waals surface area contributed by atoms with Crippen molar-refractivity contribution in [3.8, 4) is 0 Å². The maximum Gasteiger partial charge on any atom is 0.177 e. The Morgan fingerprint density at radius 3 is 2.52 bits per heavy atom. The van der Waals surface area contributed by atoms with E-state index in [0.717, 1.165) is 36.7 Å². The third-order valence-corrected chi connectivity index (χ3v) is 6.90. The molecule has 1 aromatic rings. The summed E-state index contributed by atoms with van der Waals surface area (Å²) < 4.78 is 0. The van der Waals surface area contributed by atoms with Crippen molar-refractivity contribution in [3.05, 3.63) is 21.3 Å². The van der Waals surface area contributed by atoms with Crippen LogP contribution in [0.3, 0.4) is 0 Å². The summed E-state index contributed by atoms with van der Waals surface area (Å²) in [4.78, 5) is 15.8. The Morgan fingerprint density at radius 1 is 1.22 bits per heavy atom. The van der Waals surface area contributed by atoms with E-state index in [2.05, 4.69) is 4.90 Å². The molecule has 1 aromatic heterocycles. The summed E-state index contributed by atoms with van der Waals surface area (Å²) in [5.41, 5.74) is 5.98. The number of hydrogen-bond donors (Lipinski definition) is 1. The number of piperidine rings is 1. The van der Waals surface area contributed by atoms with Crippen LogP contribution in [0.2, 0.25) is 5.02 Å². The molecule has 5 heteroatoms. The smallest absolute Gasteiger partial charge is 0.177 e. The van der Waals surface area contributed by atoms with Crippen LogP contribution in [0.4, 0.5) is 0 Å². The number of hydrogen-bond acceptors (Lipinski definition) is 4. The molecule has 2 heterocycles. The molecule has 23 heavy (non-hydrogen) atoms. The van der Waals surface area contributed by atoms with Gasteiger partial charge in [0, 0.05) is 12.0 Å². The molecule has 1 saturated heterocycles. The topological polar surface area (TPSA) is 46.3 Å². The number of ketones is 1. The number of thiophene rings is 1. The molecule has 0 aromatic carbocycles. The summed E-state index contributed by atoms with van der Waals surface area (Å²) in [7, 11) is 0. The molecule has 2 aliphatic rings. The van der Waals surface area contributed by atoms with Crippen molar-refractivity contribution in [3.63, 3.8) is 0 Å². The van der Waals surface area contributed by atoms with Gasteiger partial charge >= 0.3 is 0 Å². The zero-order valence-corrected chi connectivity index (χ0v) is 15.2. The summed E-state index contributed by atoms with van der Waals surface area (Å²) in [6.07, 6.45) is 8.24. The first-order chi connectivity index (χ1) is 11.1. The SMILES string of the molecule is N[C@H]1CC[C@H](CCN2CCC(C(=O)c3sccc3Cl)CC2)CC1. The van der Waals surface area contributed by atoms with E-state index >= 15 is 0 Å². The third-order valence-electron chi connectivity index (χ3n) is 5.54. The van der Waals surface area contributed by atoms with Gasteiger partial charge in [-0.25, -0.2) is 0 Å². The minimum absolute atomic E-state index is 0.162. The predicted molar refractivity (Wildman–Crippen MR) is 97.4 cm³/mol. The van der Waals surface area contributed by atoms with Crippen molar-refractivity contribution in [2.24, 2.45) is 17.6 Å². The van der Waals surface area contributed by atoms with E-state index in [0.29, 0.717) is 11.1 Å². The number of nitrogens with two attached hydrogens (primary N) is 1. The van der Waals surface area contributed by atoms with Crippen LogP contribution in [-0.2, 0) is 0 Å². The van der Waals surface area contributed by atoms with E-state index < -0.39 is 0 Å². The van der Waals surface area contributed by atoms with Crippen LogP contribution in [0.5, 0.6) is 0 Å². The number of nitrogens with zero attached hydrogens (tertiary/aromatic N) is 1. The summed E-state index contributed by atoms with van der Waals surface area (Å²) in [5, 5.41) is 2.53. The first-order valence-corrected chi connectivity index (χ1v) is 10.1. The van der Waals surface area contributed by atoms with Crippen molar-refractivity contribution in [1.29, 1.82) is 0 Å². The van der Waals surface area contributed by atoms with E-state index in [1.54, 1.807) is 0 Å². The second-order valence-corrected chi connectivity index (χ2v) is 8.47. The largest absolute Gasteiger partial charge is 0.328 e. The van der Waals surface area contributed by atoms with E-state index in [9.17, 15) is 4.79 Å². The molecule has 0 bridgehead atoms. The quantitative estimate of drug-likeness (QED) is 0.806. The molecular weight excluding hydrogens is 328 g/mol. The van der Waals surface area contributed by atoms with Crippen LogP contribution in [0.1, 0.15) is 54.6 Å². The fraction of sp³-hybridized carbons (Fsp3) is 0.722. The summed E-state index contributed by atoms with van der Waals surface area (Å²) in [6, 6.07) is 2.27. The lowest BCUT2D eigenvalue weighted by Crippen LogP contribution is -2.37. The molecule has 1 aliphatic carbocycles. The Labute approximate surface area is 148 Å². The van der Waals surface area contributed by atoms with Crippen LogP contribution in [0.25, 0.3) is 0 Å². The highest BCUT2D eigenvalue weighted by Gasteiger charge is 2.28. The summed E-state index contributed by atoms with van der Waals surface area (Å²) in [5.74, 6) is 1.28. The molecule has 0 unspecified atom stereocenters. The van der Waals surface area contributed by atoms with Gasteiger partial charge in [-0.15, -0.1) is 11.3 Å². The van der Waals surface area contributed by atoms with Crippen LogP contribution in [-0.4, -0.2) is 36.4 Å². The molecule has 0 radical (unpaired) electrons.